The topological polar surface area (TPSA) is 45.0 Å². The molecular formula is C20H18N2O. The van der Waals surface area contributed by atoms with E-state index in [9.17, 15) is 5.26 Å². The van der Waals surface area contributed by atoms with Crippen LogP contribution in [0.3, 0.4) is 0 Å². The van der Waals surface area contributed by atoms with Crippen molar-refractivity contribution in [3.05, 3.63) is 72.3 Å². The standard InChI is InChI=1S/C20H18N2O/c1-20(14-21,22-18-8-5-9-19(13-18)23-2)17-11-10-15-6-3-4-7-16(15)12-17/h3-13,22H,1-2H3. The SMILES string of the molecule is COc1cccc(NC(C)(C#N)c2ccc3ccccc3c2)c1. The third-order valence-corrected chi connectivity index (χ3v) is 4.01. The number of fused-ring (bicyclic) bond motifs is 1. The molecule has 3 aromatic carbocycles. The molecule has 3 nitrogen and oxygen atoms in total. The summed E-state index contributed by atoms with van der Waals surface area (Å²) >= 11 is 0. The Balaban J connectivity index is 1.99. The van der Waals surface area contributed by atoms with Crippen LogP contribution in [-0.2, 0) is 5.54 Å². The Morgan fingerprint density at radius 3 is 2.48 bits per heavy atom. The molecule has 0 fully saturated rings. The number of hydrogen-bond acceptors (Lipinski definition) is 3. The lowest BCUT2D eigenvalue weighted by atomic mass is 9.91. The van der Waals surface area contributed by atoms with Gasteiger partial charge in [-0.1, -0.05) is 42.5 Å². The van der Waals surface area contributed by atoms with Crippen molar-refractivity contribution in [2.24, 2.45) is 0 Å². The molecule has 0 saturated carbocycles. The van der Waals surface area contributed by atoms with Gasteiger partial charge in [0.25, 0.3) is 0 Å². The summed E-state index contributed by atoms with van der Waals surface area (Å²) in [4.78, 5) is 0. The van der Waals surface area contributed by atoms with Gasteiger partial charge in [-0.05, 0) is 41.5 Å². The average molecular weight is 302 g/mol. The lowest BCUT2D eigenvalue weighted by molar-refractivity contribution is 0.415. The maximum atomic E-state index is 9.75. The third-order valence-electron chi connectivity index (χ3n) is 4.01. The van der Waals surface area contributed by atoms with Crippen LogP contribution in [0.25, 0.3) is 10.8 Å². The monoisotopic (exact) mass is 302 g/mol. The Labute approximate surface area is 136 Å². The van der Waals surface area contributed by atoms with Gasteiger partial charge in [-0.25, -0.2) is 0 Å². The normalized spacial score (nSPS) is 13.1. The van der Waals surface area contributed by atoms with E-state index in [1.807, 2.05) is 55.5 Å². The summed E-state index contributed by atoms with van der Waals surface area (Å²) < 4.78 is 5.24. The Hall–Kier alpha value is -2.99. The van der Waals surface area contributed by atoms with Gasteiger partial charge in [-0.2, -0.15) is 5.26 Å². The highest BCUT2D eigenvalue weighted by atomic mass is 16.5. The van der Waals surface area contributed by atoms with E-state index in [1.54, 1.807) is 7.11 Å². The summed E-state index contributed by atoms with van der Waals surface area (Å²) in [6.45, 7) is 1.89. The van der Waals surface area contributed by atoms with Gasteiger partial charge >= 0.3 is 0 Å². The molecule has 1 N–H and O–H groups in total. The molecule has 0 aliphatic carbocycles. The Morgan fingerprint density at radius 2 is 1.74 bits per heavy atom. The number of nitriles is 1. The van der Waals surface area contributed by atoms with Crippen LogP contribution in [0.15, 0.2) is 66.7 Å². The molecule has 0 heterocycles. The fraction of sp³-hybridized carbons (Fsp3) is 0.150. The zero-order chi connectivity index (χ0) is 16.3. The largest absolute Gasteiger partial charge is 0.497 e. The van der Waals surface area contributed by atoms with Crippen LogP contribution in [0.2, 0.25) is 0 Å². The van der Waals surface area contributed by atoms with Gasteiger partial charge in [-0.15, -0.1) is 0 Å². The second-order valence-electron chi connectivity index (χ2n) is 5.66. The van der Waals surface area contributed by atoms with Crippen molar-refractivity contribution in [3.8, 4) is 11.8 Å². The van der Waals surface area contributed by atoms with Gasteiger partial charge in [0.15, 0.2) is 0 Å². The Kier molecular flexibility index (Phi) is 3.91. The number of benzene rings is 3. The number of nitrogens with zero attached hydrogens (tertiary/aromatic N) is 1. The molecule has 3 heteroatoms. The van der Waals surface area contributed by atoms with Crippen molar-refractivity contribution in [1.82, 2.24) is 0 Å². The van der Waals surface area contributed by atoms with E-state index in [0.717, 1.165) is 27.8 Å². The molecule has 114 valence electrons. The molecule has 1 unspecified atom stereocenters. The molecule has 0 aromatic heterocycles. The number of methoxy groups -OCH3 is 1. The van der Waals surface area contributed by atoms with Crippen LogP contribution in [0.5, 0.6) is 5.75 Å². The average Bonchev–Trinajstić information content (AvgIpc) is 2.61. The van der Waals surface area contributed by atoms with Crippen LogP contribution in [-0.4, -0.2) is 7.11 Å². The summed E-state index contributed by atoms with van der Waals surface area (Å²) in [6, 6.07) is 24.2. The van der Waals surface area contributed by atoms with Crippen molar-refractivity contribution < 1.29 is 4.74 Å². The van der Waals surface area contributed by atoms with Crippen molar-refractivity contribution >= 4 is 16.5 Å². The minimum absolute atomic E-state index is 0.758. The van der Waals surface area contributed by atoms with E-state index in [0.29, 0.717) is 0 Å². The molecule has 0 saturated heterocycles. The van der Waals surface area contributed by atoms with Crippen LogP contribution in [0.4, 0.5) is 5.69 Å². The van der Waals surface area contributed by atoms with E-state index >= 15 is 0 Å². The highest BCUT2D eigenvalue weighted by Crippen LogP contribution is 2.29. The van der Waals surface area contributed by atoms with Gasteiger partial charge in [0.2, 0.25) is 0 Å². The summed E-state index contributed by atoms with van der Waals surface area (Å²) in [6.07, 6.45) is 0. The first-order chi connectivity index (χ1) is 11.1. The van der Waals surface area contributed by atoms with Crippen LogP contribution < -0.4 is 10.1 Å². The van der Waals surface area contributed by atoms with Crippen molar-refractivity contribution in [3.63, 3.8) is 0 Å². The van der Waals surface area contributed by atoms with E-state index < -0.39 is 5.54 Å². The summed E-state index contributed by atoms with van der Waals surface area (Å²) in [5, 5.41) is 15.4. The van der Waals surface area contributed by atoms with Gasteiger partial charge in [0.05, 0.1) is 13.2 Å². The number of anilines is 1. The molecule has 3 rings (SSSR count). The predicted octanol–water partition coefficient (Wildman–Crippen LogP) is 4.70. The molecule has 0 bridgehead atoms. The van der Waals surface area contributed by atoms with Crippen LogP contribution >= 0.6 is 0 Å². The predicted molar refractivity (Wildman–Crippen MR) is 93.5 cm³/mol. The summed E-state index contributed by atoms with van der Waals surface area (Å²) in [7, 11) is 1.63. The number of hydrogen-bond donors (Lipinski definition) is 1. The number of rotatable bonds is 4. The highest BCUT2D eigenvalue weighted by molar-refractivity contribution is 5.83. The van der Waals surface area contributed by atoms with Crippen molar-refractivity contribution in [1.29, 1.82) is 5.26 Å². The van der Waals surface area contributed by atoms with E-state index in [4.69, 9.17) is 4.74 Å². The molecule has 0 aliphatic rings. The summed E-state index contributed by atoms with van der Waals surface area (Å²) in [5.41, 5.74) is 0.958. The third kappa shape index (κ3) is 2.97. The zero-order valence-electron chi connectivity index (χ0n) is 13.2. The zero-order valence-corrected chi connectivity index (χ0v) is 13.2. The quantitative estimate of drug-likeness (QED) is 0.760. The van der Waals surface area contributed by atoms with Gasteiger partial charge in [-0.3, -0.25) is 0 Å². The number of ether oxygens (including phenoxy) is 1. The van der Waals surface area contributed by atoms with E-state index in [2.05, 4.69) is 29.6 Å². The van der Waals surface area contributed by atoms with E-state index in [1.165, 1.54) is 0 Å². The van der Waals surface area contributed by atoms with Gasteiger partial charge < -0.3 is 10.1 Å². The Bertz CT molecular complexity index is 882. The minimum atomic E-state index is -0.823. The Morgan fingerprint density at radius 1 is 0.957 bits per heavy atom. The molecule has 0 aliphatic heterocycles. The summed E-state index contributed by atoms with van der Waals surface area (Å²) in [5.74, 6) is 0.758. The first-order valence-corrected chi connectivity index (χ1v) is 7.47. The maximum Gasteiger partial charge on any atom is 0.148 e. The smallest absolute Gasteiger partial charge is 0.148 e. The fourth-order valence-corrected chi connectivity index (χ4v) is 2.65. The first-order valence-electron chi connectivity index (χ1n) is 7.47. The fourth-order valence-electron chi connectivity index (χ4n) is 2.65. The van der Waals surface area contributed by atoms with Crippen molar-refractivity contribution in [2.45, 2.75) is 12.5 Å². The van der Waals surface area contributed by atoms with E-state index in [-0.39, 0.29) is 0 Å². The molecule has 0 spiro atoms. The second kappa shape index (κ2) is 6.02. The first kappa shape index (κ1) is 14.9. The minimum Gasteiger partial charge on any atom is -0.497 e. The van der Waals surface area contributed by atoms with Crippen LogP contribution in [0.1, 0.15) is 12.5 Å². The number of nitrogens with one attached hydrogen (secondary N) is 1. The molecule has 3 aromatic rings. The molecule has 23 heavy (non-hydrogen) atoms. The lowest BCUT2D eigenvalue weighted by Crippen LogP contribution is -2.29. The second-order valence-corrected chi connectivity index (χ2v) is 5.66. The lowest BCUT2D eigenvalue weighted by Gasteiger charge is -2.25. The molecule has 0 radical (unpaired) electrons. The maximum absolute atomic E-state index is 9.75. The molecular weight excluding hydrogens is 284 g/mol. The molecule has 0 amide bonds. The highest BCUT2D eigenvalue weighted by Gasteiger charge is 2.26. The van der Waals surface area contributed by atoms with Gasteiger partial charge in [0.1, 0.15) is 11.3 Å². The van der Waals surface area contributed by atoms with Crippen molar-refractivity contribution in [2.75, 3.05) is 12.4 Å². The van der Waals surface area contributed by atoms with Gasteiger partial charge in [0, 0.05) is 11.8 Å². The van der Waals surface area contributed by atoms with Crippen LogP contribution in [0, 0.1) is 11.3 Å². The molecule has 1 atom stereocenters.